The molecule has 0 heterocycles. The number of aliphatic hydroxyl groups is 2. The maximum atomic E-state index is 10.9. The van der Waals surface area contributed by atoms with Gasteiger partial charge < -0.3 is 10.2 Å². The Balaban J connectivity index is 2.18. The fraction of sp³-hybridized carbons (Fsp3) is 0.524. The molecule has 1 fully saturated rings. The molecule has 1 aliphatic carbocycles. The van der Waals surface area contributed by atoms with Crippen LogP contribution in [0.4, 0.5) is 0 Å². The molecule has 132 valence electrons. The highest BCUT2D eigenvalue weighted by Gasteiger charge is 2.29. The van der Waals surface area contributed by atoms with Crippen LogP contribution >= 0.6 is 0 Å². The third-order valence-electron chi connectivity index (χ3n) is 4.65. The first-order valence-electron chi connectivity index (χ1n) is 9.19. The van der Waals surface area contributed by atoms with Crippen LogP contribution in [0.2, 0.25) is 19.6 Å². The summed E-state index contributed by atoms with van der Waals surface area (Å²) in [5.41, 5.74) is 4.07. The molecule has 0 aromatic heterocycles. The van der Waals surface area contributed by atoms with Crippen LogP contribution in [0.1, 0.15) is 37.7 Å². The summed E-state index contributed by atoms with van der Waals surface area (Å²) in [7, 11) is -1.53. The highest BCUT2D eigenvalue weighted by atomic mass is 28.3. The minimum atomic E-state index is -1.53. The topological polar surface area (TPSA) is 40.5 Å². The van der Waals surface area contributed by atoms with Crippen molar-refractivity contribution in [3.05, 3.63) is 53.2 Å². The van der Waals surface area contributed by atoms with Gasteiger partial charge in [-0.15, -0.1) is 0 Å². The van der Waals surface area contributed by atoms with Crippen molar-refractivity contribution in [2.24, 2.45) is 5.92 Å². The van der Waals surface area contributed by atoms with E-state index in [0.29, 0.717) is 5.92 Å². The van der Waals surface area contributed by atoms with Crippen LogP contribution in [0, 0.1) is 5.92 Å². The monoisotopic (exact) mass is 344 g/mol. The summed E-state index contributed by atoms with van der Waals surface area (Å²) < 4.78 is 0. The van der Waals surface area contributed by atoms with Gasteiger partial charge in [-0.1, -0.05) is 87.1 Å². The Morgan fingerprint density at radius 2 is 1.67 bits per heavy atom. The SMILES string of the molecule is C[Si](C)(C)/C=C(\[C@H](O)/C=C/c1ccccc1)[C@@H](O)C1CCCCC1. The molecule has 0 spiro atoms. The van der Waals surface area contributed by atoms with Crippen LogP contribution < -0.4 is 0 Å². The highest BCUT2D eigenvalue weighted by Crippen LogP contribution is 2.31. The van der Waals surface area contributed by atoms with Crippen molar-refractivity contribution in [1.82, 2.24) is 0 Å². The molecule has 1 aromatic carbocycles. The van der Waals surface area contributed by atoms with Crippen LogP contribution in [0.5, 0.6) is 0 Å². The van der Waals surface area contributed by atoms with E-state index in [1.54, 1.807) is 0 Å². The first-order valence-corrected chi connectivity index (χ1v) is 12.8. The van der Waals surface area contributed by atoms with Crippen molar-refractivity contribution in [3.8, 4) is 0 Å². The summed E-state index contributed by atoms with van der Waals surface area (Å²) in [4.78, 5) is 0. The van der Waals surface area contributed by atoms with Gasteiger partial charge in [-0.3, -0.25) is 0 Å². The van der Waals surface area contributed by atoms with Crippen LogP contribution in [-0.4, -0.2) is 30.5 Å². The minimum absolute atomic E-state index is 0.293. The van der Waals surface area contributed by atoms with E-state index in [0.717, 1.165) is 24.0 Å². The van der Waals surface area contributed by atoms with Gasteiger partial charge in [0.05, 0.1) is 20.3 Å². The highest BCUT2D eigenvalue weighted by molar-refractivity contribution is 6.81. The average Bonchev–Trinajstić information content (AvgIpc) is 2.58. The van der Waals surface area contributed by atoms with E-state index in [1.165, 1.54) is 19.3 Å². The van der Waals surface area contributed by atoms with Crippen LogP contribution in [0.3, 0.4) is 0 Å². The fourth-order valence-corrected chi connectivity index (χ4v) is 4.79. The molecule has 3 heteroatoms. The normalized spacial score (nSPS) is 20.3. The van der Waals surface area contributed by atoms with E-state index in [2.05, 4.69) is 25.3 Å². The lowest BCUT2D eigenvalue weighted by molar-refractivity contribution is 0.0936. The molecule has 0 amide bonds. The molecule has 0 bridgehead atoms. The molecule has 2 rings (SSSR count). The maximum Gasteiger partial charge on any atom is 0.0956 e. The largest absolute Gasteiger partial charge is 0.388 e. The maximum absolute atomic E-state index is 10.9. The van der Waals surface area contributed by atoms with Crippen LogP contribution in [0.25, 0.3) is 6.08 Å². The van der Waals surface area contributed by atoms with E-state index in [9.17, 15) is 10.2 Å². The molecule has 1 saturated carbocycles. The van der Waals surface area contributed by atoms with Gasteiger partial charge in [0.15, 0.2) is 0 Å². The molecule has 2 N–H and O–H groups in total. The van der Waals surface area contributed by atoms with Crippen LogP contribution in [0.15, 0.2) is 47.7 Å². The lowest BCUT2D eigenvalue weighted by Crippen LogP contribution is -2.32. The first kappa shape index (κ1) is 19.2. The summed E-state index contributed by atoms with van der Waals surface area (Å²) in [6.07, 6.45) is 8.31. The molecule has 2 atom stereocenters. The van der Waals surface area contributed by atoms with E-state index in [1.807, 2.05) is 42.5 Å². The summed E-state index contributed by atoms with van der Waals surface area (Å²) in [5.74, 6) is 0.293. The third kappa shape index (κ3) is 6.04. The fourth-order valence-electron chi connectivity index (χ4n) is 3.45. The second-order valence-electron chi connectivity index (χ2n) is 8.07. The number of aliphatic hydroxyl groups excluding tert-OH is 2. The Kier molecular flexibility index (Phi) is 7.02. The van der Waals surface area contributed by atoms with Gasteiger partial charge in [0.1, 0.15) is 0 Å². The summed E-state index contributed by atoms with van der Waals surface area (Å²) in [5, 5.41) is 21.7. The zero-order valence-corrected chi connectivity index (χ0v) is 16.3. The van der Waals surface area contributed by atoms with Gasteiger partial charge in [0.2, 0.25) is 0 Å². The van der Waals surface area contributed by atoms with E-state index < -0.39 is 20.3 Å². The van der Waals surface area contributed by atoms with Crippen molar-refractivity contribution in [2.75, 3.05) is 0 Å². The Labute approximate surface area is 147 Å². The standard InChI is InChI=1S/C21H32O2Si/c1-24(2,3)16-19(21(23)18-12-8-5-9-13-18)20(22)15-14-17-10-6-4-7-11-17/h4,6-7,10-11,14-16,18,20-23H,5,8-9,12-13H2,1-3H3/b15-14+,19-16+/t20-,21+/m1/s1. The van der Waals surface area contributed by atoms with E-state index in [4.69, 9.17) is 0 Å². The first-order chi connectivity index (χ1) is 11.4. The lowest BCUT2D eigenvalue weighted by Gasteiger charge is -2.31. The van der Waals surface area contributed by atoms with Gasteiger partial charge in [0, 0.05) is 0 Å². The van der Waals surface area contributed by atoms with Gasteiger partial charge in [-0.05, 0) is 29.9 Å². The third-order valence-corrected chi connectivity index (χ3v) is 5.85. The van der Waals surface area contributed by atoms with Crippen molar-refractivity contribution >= 4 is 14.1 Å². The summed E-state index contributed by atoms with van der Waals surface area (Å²) in [6, 6.07) is 9.99. The summed E-state index contributed by atoms with van der Waals surface area (Å²) in [6.45, 7) is 6.73. The molecule has 24 heavy (non-hydrogen) atoms. The Morgan fingerprint density at radius 3 is 2.25 bits per heavy atom. The molecule has 2 nitrogen and oxygen atoms in total. The second kappa shape index (κ2) is 8.79. The molecular weight excluding hydrogens is 312 g/mol. The predicted octanol–water partition coefficient (Wildman–Crippen LogP) is 4.81. The zero-order chi connectivity index (χ0) is 17.6. The predicted molar refractivity (Wildman–Crippen MR) is 105 cm³/mol. The van der Waals surface area contributed by atoms with Gasteiger partial charge in [0.25, 0.3) is 0 Å². The molecule has 0 unspecified atom stereocenters. The van der Waals surface area contributed by atoms with Gasteiger partial charge in [-0.2, -0.15) is 0 Å². The van der Waals surface area contributed by atoms with Crippen LogP contribution in [-0.2, 0) is 0 Å². The zero-order valence-electron chi connectivity index (χ0n) is 15.3. The lowest BCUT2D eigenvalue weighted by atomic mass is 9.81. The number of hydrogen-bond acceptors (Lipinski definition) is 2. The Hall–Kier alpha value is -1.16. The molecule has 0 saturated heterocycles. The molecule has 0 aliphatic heterocycles. The Bertz CT molecular complexity index is 551. The average molecular weight is 345 g/mol. The summed E-state index contributed by atoms with van der Waals surface area (Å²) >= 11 is 0. The van der Waals surface area contributed by atoms with Gasteiger partial charge in [-0.25, -0.2) is 0 Å². The second-order valence-corrected chi connectivity index (χ2v) is 13.1. The van der Waals surface area contributed by atoms with Crippen molar-refractivity contribution in [1.29, 1.82) is 0 Å². The molecule has 0 radical (unpaired) electrons. The number of benzene rings is 1. The minimum Gasteiger partial charge on any atom is -0.388 e. The molecule has 1 aromatic rings. The Morgan fingerprint density at radius 1 is 1.04 bits per heavy atom. The van der Waals surface area contributed by atoms with Crippen molar-refractivity contribution in [2.45, 2.75) is 64.0 Å². The molecule has 1 aliphatic rings. The molecular formula is C21H32O2Si. The number of rotatable bonds is 6. The quantitative estimate of drug-likeness (QED) is 0.727. The van der Waals surface area contributed by atoms with E-state index in [-0.39, 0.29) is 0 Å². The smallest absolute Gasteiger partial charge is 0.0956 e. The van der Waals surface area contributed by atoms with Gasteiger partial charge >= 0.3 is 0 Å². The van der Waals surface area contributed by atoms with E-state index >= 15 is 0 Å². The van der Waals surface area contributed by atoms with Crippen molar-refractivity contribution in [3.63, 3.8) is 0 Å². The van der Waals surface area contributed by atoms with Crippen molar-refractivity contribution < 1.29 is 10.2 Å². The number of hydrogen-bond donors (Lipinski definition) is 2.